The minimum absolute atomic E-state index is 0.188. The van der Waals surface area contributed by atoms with Gasteiger partial charge in [-0.3, -0.25) is 0 Å². The molecule has 0 amide bonds. The summed E-state index contributed by atoms with van der Waals surface area (Å²) in [6, 6.07) is 4.88. The van der Waals surface area contributed by atoms with Gasteiger partial charge in [0.25, 0.3) is 0 Å². The van der Waals surface area contributed by atoms with E-state index in [1.54, 1.807) is 12.1 Å². The van der Waals surface area contributed by atoms with Crippen molar-refractivity contribution in [2.24, 2.45) is 5.92 Å². The normalized spacial score (nSPS) is 20.4. The lowest BCUT2D eigenvalue weighted by Gasteiger charge is -2.31. The minimum Gasteiger partial charge on any atom is -0.491 e. The number of nitrogens with one attached hydrogen (secondary N) is 1. The van der Waals surface area contributed by atoms with Crippen molar-refractivity contribution >= 4 is 5.69 Å². The van der Waals surface area contributed by atoms with Crippen LogP contribution in [0.1, 0.15) is 25.7 Å². The Bertz CT molecular complexity index is 440. The first kappa shape index (κ1) is 13.7. The molecule has 110 valence electrons. The lowest BCUT2D eigenvalue weighted by Crippen LogP contribution is -2.43. The Kier molecular flexibility index (Phi) is 4.41. The molecule has 3 nitrogen and oxygen atoms in total. The van der Waals surface area contributed by atoms with E-state index in [1.165, 1.54) is 31.7 Å². The Hall–Kier alpha value is -1.29. The van der Waals surface area contributed by atoms with Crippen molar-refractivity contribution in [2.75, 3.05) is 37.7 Å². The highest BCUT2D eigenvalue weighted by Crippen LogP contribution is 2.32. The highest BCUT2D eigenvalue weighted by Gasteiger charge is 2.19. The molecule has 3 rings (SSSR count). The van der Waals surface area contributed by atoms with Crippen LogP contribution in [0.15, 0.2) is 18.2 Å². The van der Waals surface area contributed by atoms with E-state index in [4.69, 9.17) is 4.74 Å². The van der Waals surface area contributed by atoms with Crippen LogP contribution in [0, 0.1) is 11.7 Å². The second-order valence-corrected chi connectivity index (χ2v) is 5.81. The molecule has 1 aliphatic heterocycles. The van der Waals surface area contributed by atoms with Gasteiger partial charge in [0.1, 0.15) is 11.6 Å². The quantitative estimate of drug-likeness (QED) is 0.916. The van der Waals surface area contributed by atoms with Crippen LogP contribution < -0.4 is 15.0 Å². The summed E-state index contributed by atoms with van der Waals surface area (Å²) in [5.74, 6) is 1.32. The van der Waals surface area contributed by atoms with Crippen molar-refractivity contribution in [1.82, 2.24) is 5.32 Å². The van der Waals surface area contributed by atoms with Gasteiger partial charge in [0, 0.05) is 32.2 Å². The second-order valence-electron chi connectivity index (χ2n) is 5.81. The van der Waals surface area contributed by atoms with Gasteiger partial charge >= 0.3 is 0 Å². The van der Waals surface area contributed by atoms with Crippen molar-refractivity contribution in [2.45, 2.75) is 25.7 Å². The lowest BCUT2D eigenvalue weighted by molar-refractivity contribution is 0.252. The maximum Gasteiger partial charge on any atom is 0.142 e. The van der Waals surface area contributed by atoms with Gasteiger partial charge in [-0.2, -0.15) is 0 Å². The number of hydrogen-bond acceptors (Lipinski definition) is 3. The first-order valence-corrected chi connectivity index (χ1v) is 7.71. The molecule has 1 aromatic carbocycles. The number of rotatable bonds is 4. The number of anilines is 1. The minimum atomic E-state index is -0.188. The summed E-state index contributed by atoms with van der Waals surface area (Å²) in [7, 11) is 0. The maximum absolute atomic E-state index is 13.5. The summed E-state index contributed by atoms with van der Waals surface area (Å²) >= 11 is 0. The Morgan fingerprint density at radius 2 is 1.95 bits per heavy atom. The molecular weight excluding hydrogens is 255 g/mol. The maximum atomic E-state index is 13.5. The number of hydrogen-bond donors (Lipinski definition) is 1. The van der Waals surface area contributed by atoms with Crippen LogP contribution in [0.5, 0.6) is 5.75 Å². The van der Waals surface area contributed by atoms with E-state index >= 15 is 0 Å². The predicted molar refractivity (Wildman–Crippen MR) is 78.9 cm³/mol. The fourth-order valence-corrected chi connectivity index (χ4v) is 3.15. The zero-order chi connectivity index (χ0) is 13.8. The summed E-state index contributed by atoms with van der Waals surface area (Å²) in [5.41, 5.74) is 0.907. The van der Waals surface area contributed by atoms with Gasteiger partial charge in [-0.1, -0.05) is 12.8 Å². The number of benzene rings is 1. The Morgan fingerprint density at radius 3 is 2.70 bits per heavy atom. The van der Waals surface area contributed by atoms with E-state index in [2.05, 4.69) is 10.2 Å². The molecule has 1 saturated heterocycles. The molecule has 0 radical (unpaired) electrons. The smallest absolute Gasteiger partial charge is 0.142 e. The van der Waals surface area contributed by atoms with Crippen molar-refractivity contribution in [3.63, 3.8) is 0 Å². The monoisotopic (exact) mass is 278 g/mol. The SMILES string of the molecule is Fc1ccc(OCC2CCCC2)c(N2CCNCC2)c1. The van der Waals surface area contributed by atoms with E-state index in [9.17, 15) is 4.39 Å². The molecular formula is C16H23FN2O. The molecule has 0 unspecified atom stereocenters. The van der Waals surface area contributed by atoms with Gasteiger partial charge in [0.05, 0.1) is 12.3 Å². The summed E-state index contributed by atoms with van der Waals surface area (Å²) in [4.78, 5) is 2.21. The topological polar surface area (TPSA) is 24.5 Å². The molecule has 1 aliphatic carbocycles. The fourth-order valence-electron chi connectivity index (χ4n) is 3.15. The van der Waals surface area contributed by atoms with Crippen molar-refractivity contribution < 1.29 is 9.13 Å². The number of halogens is 1. The molecule has 1 heterocycles. The lowest BCUT2D eigenvalue weighted by atomic mass is 10.1. The van der Waals surface area contributed by atoms with E-state index < -0.39 is 0 Å². The number of ether oxygens (including phenoxy) is 1. The molecule has 1 aromatic rings. The highest BCUT2D eigenvalue weighted by atomic mass is 19.1. The van der Waals surface area contributed by atoms with Gasteiger partial charge < -0.3 is 15.0 Å². The molecule has 4 heteroatoms. The van der Waals surface area contributed by atoms with Crippen molar-refractivity contribution in [1.29, 1.82) is 0 Å². The van der Waals surface area contributed by atoms with E-state index in [0.29, 0.717) is 5.92 Å². The zero-order valence-electron chi connectivity index (χ0n) is 11.9. The molecule has 2 fully saturated rings. The third kappa shape index (κ3) is 3.23. The molecule has 1 saturated carbocycles. The highest BCUT2D eigenvalue weighted by molar-refractivity contribution is 5.59. The molecule has 1 N–H and O–H groups in total. The summed E-state index contributed by atoms with van der Waals surface area (Å²) in [6.07, 6.45) is 5.18. The number of nitrogens with zero attached hydrogens (tertiary/aromatic N) is 1. The molecule has 0 atom stereocenters. The molecule has 20 heavy (non-hydrogen) atoms. The van der Waals surface area contributed by atoms with Crippen LogP contribution in [-0.2, 0) is 0 Å². The Labute approximate surface area is 120 Å². The summed E-state index contributed by atoms with van der Waals surface area (Å²) in [6.45, 7) is 4.47. The van der Waals surface area contributed by atoms with Crippen LogP contribution in [0.4, 0.5) is 10.1 Å². The zero-order valence-corrected chi connectivity index (χ0v) is 11.9. The van der Waals surface area contributed by atoms with E-state index in [1.807, 2.05) is 0 Å². The van der Waals surface area contributed by atoms with Gasteiger partial charge in [-0.25, -0.2) is 4.39 Å². The standard InChI is InChI=1S/C16H23FN2O/c17-14-5-6-16(20-12-13-3-1-2-4-13)15(11-14)19-9-7-18-8-10-19/h5-6,11,13,18H,1-4,7-10,12H2. The largest absolute Gasteiger partial charge is 0.491 e. The molecule has 0 bridgehead atoms. The average Bonchev–Trinajstić information content (AvgIpc) is 3.00. The van der Waals surface area contributed by atoms with E-state index in [0.717, 1.165) is 44.2 Å². The van der Waals surface area contributed by atoms with Gasteiger partial charge in [0.15, 0.2) is 0 Å². The van der Waals surface area contributed by atoms with Crippen LogP contribution in [-0.4, -0.2) is 32.8 Å². The van der Waals surface area contributed by atoms with Crippen LogP contribution in [0.25, 0.3) is 0 Å². The van der Waals surface area contributed by atoms with Crippen LogP contribution in [0.3, 0.4) is 0 Å². The molecule has 0 spiro atoms. The van der Waals surface area contributed by atoms with Crippen LogP contribution >= 0.6 is 0 Å². The van der Waals surface area contributed by atoms with Gasteiger partial charge in [-0.15, -0.1) is 0 Å². The predicted octanol–water partition coefficient (Wildman–Crippen LogP) is 2.80. The third-order valence-electron chi connectivity index (χ3n) is 4.33. The Morgan fingerprint density at radius 1 is 1.20 bits per heavy atom. The van der Waals surface area contributed by atoms with Gasteiger partial charge in [-0.05, 0) is 30.9 Å². The first-order chi connectivity index (χ1) is 9.83. The Balaban J connectivity index is 1.71. The molecule has 0 aromatic heterocycles. The third-order valence-corrected chi connectivity index (χ3v) is 4.33. The summed E-state index contributed by atoms with van der Waals surface area (Å²) in [5, 5.41) is 3.32. The summed E-state index contributed by atoms with van der Waals surface area (Å²) < 4.78 is 19.5. The van der Waals surface area contributed by atoms with Crippen LogP contribution in [0.2, 0.25) is 0 Å². The van der Waals surface area contributed by atoms with Gasteiger partial charge in [0.2, 0.25) is 0 Å². The first-order valence-electron chi connectivity index (χ1n) is 7.71. The average molecular weight is 278 g/mol. The van der Waals surface area contributed by atoms with Crippen molar-refractivity contribution in [3.8, 4) is 5.75 Å². The van der Waals surface area contributed by atoms with E-state index in [-0.39, 0.29) is 5.82 Å². The van der Waals surface area contributed by atoms with Crippen molar-refractivity contribution in [3.05, 3.63) is 24.0 Å². The molecule has 2 aliphatic rings. The second kappa shape index (κ2) is 6.44. The number of piperazine rings is 1. The fraction of sp³-hybridized carbons (Fsp3) is 0.625.